The number of carbonyl (C=O) groups is 2. The number of nitrogens with one attached hydrogen (secondary N) is 1. The number of hydrogen-bond donors (Lipinski definition) is 1. The van der Waals surface area contributed by atoms with Gasteiger partial charge in [0.2, 0.25) is 5.91 Å². The predicted octanol–water partition coefficient (Wildman–Crippen LogP) is 1.15. The van der Waals surface area contributed by atoms with E-state index in [1.165, 1.54) is 4.90 Å². The fraction of sp³-hybridized carbons (Fsp3) is 0.429. The van der Waals surface area contributed by atoms with E-state index in [0.29, 0.717) is 13.1 Å². The molecule has 1 aromatic rings. The summed E-state index contributed by atoms with van der Waals surface area (Å²) in [5, 5.41) is 2.71. The molecule has 20 heavy (non-hydrogen) atoms. The zero-order valence-electron chi connectivity index (χ0n) is 11.4. The highest BCUT2D eigenvalue weighted by molar-refractivity contribution is 5.82. The molecule has 1 aromatic carbocycles. The molecule has 2 rings (SSSR count). The molecule has 0 saturated carbocycles. The third-order valence-corrected chi connectivity index (χ3v) is 3.04. The molecule has 1 heterocycles. The maximum atomic E-state index is 11.9. The van der Waals surface area contributed by atoms with Crippen LogP contribution in [0.2, 0.25) is 0 Å². The average molecular weight is 278 g/mol. The van der Waals surface area contributed by atoms with Crippen LogP contribution >= 0.6 is 0 Å². The van der Waals surface area contributed by atoms with Crippen molar-refractivity contribution in [3.8, 4) is 5.75 Å². The Balaban J connectivity index is 1.85. The van der Waals surface area contributed by atoms with E-state index in [1.807, 2.05) is 24.3 Å². The quantitative estimate of drug-likeness (QED) is 0.900. The molecular weight excluding hydrogens is 260 g/mol. The molecule has 1 N–H and O–H groups in total. The van der Waals surface area contributed by atoms with Gasteiger partial charge >= 0.3 is 6.09 Å². The van der Waals surface area contributed by atoms with Gasteiger partial charge in [0.25, 0.3) is 0 Å². The van der Waals surface area contributed by atoms with Crippen LogP contribution in [-0.4, -0.2) is 43.6 Å². The van der Waals surface area contributed by atoms with Crippen molar-refractivity contribution in [2.45, 2.75) is 13.0 Å². The summed E-state index contributed by atoms with van der Waals surface area (Å²) in [4.78, 5) is 24.7. The van der Waals surface area contributed by atoms with Crippen molar-refractivity contribution in [2.75, 3.05) is 26.7 Å². The van der Waals surface area contributed by atoms with Gasteiger partial charge in [0.05, 0.1) is 7.11 Å². The molecule has 6 heteroatoms. The molecular formula is C14H18N2O4. The molecule has 1 aliphatic heterocycles. The highest BCUT2D eigenvalue weighted by atomic mass is 16.6. The number of nitrogens with zero attached hydrogens (tertiary/aromatic N) is 1. The van der Waals surface area contributed by atoms with Crippen LogP contribution in [0.25, 0.3) is 0 Å². The van der Waals surface area contributed by atoms with Crippen LogP contribution in [0.3, 0.4) is 0 Å². The first-order valence-electron chi connectivity index (χ1n) is 6.50. The van der Waals surface area contributed by atoms with Gasteiger partial charge in [-0.25, -0.2) is 4.79 Å². The second-order valence-corrected chi connectivity index (χ2v) is 4.53. The lowest BCUT2D eigenvalue weighted by Crippen LogP contribution is -2.37. The van der Waals surface area contributed by atoms with Gasteiger partial charge < -0.3 is 14.8 Å². The Morgan fingerprint density at radius 1 is 1.35 bits per heavy atom. The number of amides is 2. The van der Waals surface area contributed by atoms with Crippen LogP contribution in [0.5, 0.6) is 5.75 Å². The topological polar surface area (TPSA) is 67.9 Å². The number of carbonyl (C=O) groups excluding carboxylic acids is 2. The number of ether oxygens (including phenoxy) is 2. The van der Waals surface area contributed by atoms with Gasteiger partial charge in [-0.15, -0.1) is 0 Å². The van der Waals surface area contributed by atoms with Crippen molar-refractivity contribution < 1.29 is 19.1 Å². The second kappa shape index (κ2) is 6.79. The summed E-state index contributed by atoms with van der Waals surface area (Å²) in [7, 11) is 1.60. The highest BCUT2D eigenvalue weighted by Crippen LogP contribution is 2.12. The lowest BCUT2D eigenvalue weighted by molar-refractivity contribution is -0.121. The Morgan fingerprint density at radius 3 is 2.80 bits per heavy atom. The summed E-state index contributed by atoms with van der Waals surface area (Å²) in [5.41, 5.74) is 0.874. The highest BCUT2D eigenvalue weighted by Gasteiger charge is 2.20. The van der Waals surface area contributed by atoms with Crippen LogP contribution < -0.4 is 10.1 Å². The first kappa shape index (κ1) is 14.2. The van der Waals surface area contributed by atoms with Gasteiger partial charge in [-0.1, -0.05) is 12.1 Å². The summed E-state index contributed by atoms with van der Waals surface area (Å²) >= 11 is 0. The molecule has 0 atom stereocenters. The smallest absolute Gasteiger partial charge is 0.410 e. The SMILES string of the molecule is COc1ccc(COC(=O)N2CCCNC(=O)C2)cc1. The summed E-state index contributed by atoms with van der Waals surface area (Å²) in [6.45, 7) is 1.36. The van der Waals surface area contributed by atoms with Crippen molar-refractivity contribution >= 4 is 12.0 Å². The van der Waals surface area contributed by atoms with Crippen LogP contribution in [0.15, 0.2) is 24.3 Å². The second-order valence-electron chi connectivity index (χ2n) is 4.53. The molecule has 0 bridgehead atoms. The van der Waals surface area contributed by atoms with Crippen molar-refractivity contribution in [1.29, 1.82) is 0 Å². The molecule has 0 radical (unpaired) electrons. The minimum absolute atomic E-state index is 0.0570. The van der Waals surface area contributed by atoms with Gasteiger partial charge in [-0.2, -0.15) is 0 Å². The first-order valence-corrected chi connectivity index (χ1v) is 6.50. The number of rotatable bonds is 3. The molecule has 1 aliphatic rings. The zero-order valence-corrected chi connectivity index (χ0v) is 11.4. The Bertz CT molecular complexity index is 473. The Hall–Kier alpha value is -2.24. The summed E-state index contributed by atoms with van der Waals surface area (Å²) < 4.78 is 10.3. The minimum Gasteiger partial charge on any atom is -0.497 e. The van der Waals surface area contributed by atoms with Gasteiger partial charge in [-0.3, -0.25) is 9.69 Å². The molecule has 0 spiro atoms. The fourth-order valence-electron chi connectivity index (χ4n) is 1.92. The molecule has 1 saturated heterocycles. The lowest BCUT2D eigenvalue weighted by Gasteiger charge is -2.18. The van der Waals surface area contributed by atoms with E-state index in [1.54, 1.807) is 7.11 Å². The Kier molecular flexibility index (Phi) is 4.81. The van der Waals surface area contributed by atoms with Crippen molar-refractivity contribution in [2.24, 2.45) is 0 Å². The summed E-state index contributed by atoms with van der Waals surface area (Å²) in [6, 6.07) is 7.29. The van der Waals surface area contributed by atoms with Gasteiger partial charge in [0.15, 0.2) is 0 Å². The van der Waals surface area contributed by atoms with Crippen molar-refractivity contribution in [3.05, 3.63) is 29.8 Å². The molecule has 0 aromatic heterocycles. The predicted molar refractivity (Wildman–Crippen MR) is 72.4 cm³/mol. The van der Waals surface area contributed by atoms with Crippen LogP contribution in [-0.2, 0) is 16.1 Å². The fourth-order valence-corrected chi connectivity index (χ4v) is 1.92. The number of benzene rings is 1. The van der Waals surface area contributed by atoms with E-state index in [9.17, 15) is 9.59 Å². The van der Waals surface area contributed by atoms with Crippen LogP contribution in [0, 0.1) is 0 Å². The van der Waals surface area contributed by atoms with Crippen molar-refractivity contribution in [1.82, 2.24) is 10.2 Å². The lowest BCUT2D eigenvalue weighted by atomic mass is 10.2. The maximum Gasteiger partial charge on any atom is 0.410 e. The minimum atomic E-state index is -0.460. The van der Waals surface area contributed by atoms with E-state index in [2.05, 4.69) is 5.32 Å². The van der Waals surface area contributed by atoms with E-state index >= 15 is 0 Å². The standard InChI is InChI=1S/C14H18N2O4/c1-19-12-5-3-11(4-6-12)10-20-14(18)16-8-2-7-15-13(17)9-16/h3-6H,2,7-10H2,1H3,(H,15,17). The first-order chi connectivity index (χ1) is 9.69. The Labute approximate surface area is 117 Å². The monoisotopic (exact) mass is 278 g/mol. The van der Waals surface area contributed by atoms with Crippen LogP contribution in [0.1, 0.15) is 12.0 Å². The van der Waals surface area contributed by atoms with E-state index in [0.717, 1.165) is 17.7 Å². The average Bonchev–Trinajstić information content (AvgIpc) is 2.70. The molecule has 2 amide bonds. The van der Waals surface area contributed by atoms with E-state index in [-0.39, 0.29) is 19.1 Å². The summed E-state index contributed by atoms with van der Waals surface area (Å²) in [5.74, 6) is 0.605. The van der Waals surface area contributed by atoms with Gasteiger partial charge in [-0.05, 0) is 24.1 Å². The molecule has 0 unspecified atom stereocenters. The normalized spacial score (nSPS) is 15.2. The van der Waals surface area contributed by atoms with Gasteiger partial charge in [0, 0.05) is 13.1 Å². The zero-order chi connectivity index (χ0) is 14.4. The number of hydrogen-bond acceptors (Lipinski definition) is 4. The molecule has 108 valence electrons. The van der Waals surface area contributed by atoms with Crippen molar-refractivity contribution in [3.63, 3.8) is 0 Å². The maximum absolute atomic E-state index is 11.9. The van der Waals surface area contributed by atoms with E-state index in [4.69, 9.17) is 9.47 Å². The summed E-state index contributed by atoms with van der Waals surface area (Å²) in [6.07, 6.45) is 0.279. The Morgan fingerprint density at radius 2 is 2.10 bits per heavy atom. The number of methoxy groups -OCH3 is 1. The van der Waals surface area contributed by atoms with Gasteiger partial charge in [0.1, 0.15) is 18.9 Å². The molecule has 6 nitrogen and oxygen atoms in total. The molecule has 1 fully saturated rings. The van der Waals surface area contributed by atoms with Crippen LogP contribution in [0.4, 0.5) is 4.79 Å². The third-order valence-electron chi connectivity index (χ3n) is 3.04. The third kappa shape index (κ3) is 3.88. The molecule has 0 aliphatic carbocycles. The van der Waals surface area contributed by atoms with E-state index < -0.39 is 6.09 Å². The largest absolute Gasteiger partial charge is 0.497 e.